The quantitative estimate of drug-likeness (QED) is 0.360. The van der Waals surface area contributed by atoms with Crippen LogP contribution in [0.25, 0.3) is 0 Å². The van der Waals surface area contributed by atoms with Gasteiger partial charge in [-0.2, -0.15) is 5.09 Å². The van der Waals surface area contributed by atoms with Crippen LogP contribution in [0.2, 0.25) is 0 Å². The number of aryl methyl sites for hydroxylation is 1. The lowest BCUT2D eigenvalue weighted by Crippen LogP contribution is -2.38. The van der Waals surface area contributed by atoms with Crippen molar-refractivity contribution in [3.63, 3.8) is 0 Å². The Morgan fingerprint density at radius 1 is 1.29 bits per heavy atom. The average molecular weight is 509 g/mol. The Morgan fingerprint density at radius 2 is 2.03 bits per heavy atom. The first kappa shape index (κ1) is 25.3. The zero-order valence-corrected chi connectivity index (χ0v) is 20.3. The van der Waals surface area contributed by atoms with Crippen LogP contribution in [0, 0.1) is 6.92 Å². The summed E-state index contributed by atoms with van der Waals surface area (Å²) in [7, 11) is -4.08. The van der Waals surface area contributed by atoms with Gasteiger partial charge in [0.25, 0.3) is 5.56 Å². The van der Waals surface area contributed by atoms with E-state index in [4.69, 9.17) is 23.3 Å². The summed E-state index contributed by atoms with van der Waals surface area (Å²) in [6.45, 7) is 2.75. The number of carbonyl (C=O) groups excluding carboxylic acids is 1. The normalized spacial score (nSPS) is 22.7. The van der Waals surface area contributed by atoms with Gasteiger partial charge in [-0.15, -0.1) is 0 Å². The van der Waals surface area contributed by atoms with Crippen LogP contribution in [0.4, 0.5) is 0 Å². The number of H-pyrrole nitrogens is 1. The van der Waals surface area contributed by atoms with E-state index in [1.807, 2.05) is 0 Å². The number of para-hydroxylation sites is 1. The van der Waals surface area contributed by atoms with Crippen LogP contribution in [0.1, 0.15) is 38.0 Å². The van der Waals surface area contributed by atoms with E-state index in [1.165, 1.54) is 17.7 Å². The minimum atomic E-state index is -4.08. The van der Waals surface area contributed by atoms with Crippen molar-refractivity contribution in [2.24, 2.45) is 0 Å². The molecule has 0 bridgehead atoms. The third-order valence-electron chi connectivity index (χ3n) is 5.58. The third kappa shape index (κ3) is 6.47. The molecule has 13 heteroatoms. The van der Waals surface area contributed by atoms with E-state index >= 15 is 0 Å². The average Bonchev–Trinajstić information content (AvgIpc) is 3.26. The lowest BCUT2D eigenvalue weighted by atomic mass is 9.96. The van der Waals surface area contributed by atoms with E-state index in [1.54, 1.807) is 37.3 Å². The van der Waals surface area contributed by atoms with Gasteiger partial charge < -0.3 is 18.7 Å². The van der Waals surface area contributed by atoms with Gasteiger partial charge in [0.15, 0.2) is 12.5 Å². The zero-order valence-electron chi connectivity index (χ0n) is 19.4. The molecule has 2 aliphatic rings. The topological polar surface area (TPSA) is 147 Å². The molecule has 2 fully saturated rings. The summed E-state index contributed by atoms with van der Waals surface area (Å²) in [4.78, 5) is 38.3. The maximum absolute atomic E-state index is 13.5. The van der Waals surface area contributed by atoms with E-state index in [0.717, 1.165) is 19.3 Å². The van der Waals surface area contributed by atoms with E-state index in [-0.39, 0.29) is 25.1 Å². The molecule has 190 valence electrons. The van der Waals surface area contributed by atoms with Crippen LogP contribution in [0.15, 0.2) is 46.1 Å². The van der Waals surface area contributed by atoms with Crippen molar-refractivity contribution < 1.29 is 32.6 Å². The standard InChI is InChI=1S/C22H28N3O9P/c1-14-11-25(22(28)23-20(14)26)18-12-30-19(33-18)13-31-35(29,34-17-7-4-3-5-8-17)24-15(2)21(27)32-16-9-6-10-16/h3-5,7-8,11,15-16,18-19H,6,9-10,12-13H2,1-2H3,(H,24,29)(H,23,26,28)/t15?,18-,19-,35?/m1/s1. The molecule has 12 nitrogen and oxygen atoms in total. The summed E-state index contributed by atoms with van der Waals surface area (Å²) >= 11 is 0. The smallest absolute Gasteiger partial charge is 0.459 e. The highest BCUT2D eigenvalue weighted by Crippen LogP contribution is 2.45. The molecule has 1 aromatic carbocycles. The minimum Gasteiger partial charge on any atom is -0.461 e. The molecule has 1 aliphatic carbocycles. The van der Waals surface area contributed by atoms with E-state index in [2.05, 4.69) is 10.1 Å². The summed E-state index contributed by atoms with van der Waals surface area (Å²) in [6.07, 6.45) is 2.07. The first-order chi connectivity index (χ1) is 16.7. The second-order valence-corrected chi connectivity index (χ2v) is 10.1. The number of carbonyl (C=O) groups is 1. The largest absolute Gasteiger partial charge is 0.461 e. The van der Waals surface area contributed by atoms with Crippen molar-refractivity contribution in [1.82, 2.24) is 14.6 Å². The fourth-order valence-corrected chi connectivity index (χ4v) is 4.87. The number of benzene rings is 1. The van der Waals surface area contributed by atoms with Crippen LogP contribution < -0.4 is 20.9 Å². The summed E-state index contributed by atoms with van der Waals surface area (Å²) in [6, 6.07) is 7.39. The highest BCUT2D eigenvalue weighted by molar-refractivity contribution is 7.52. The highest BCUT2D eigenvalue weighted by atomic mass is 31.2. The summed E-state index contributed by atoms with van der Waals surface area (Å²) in [5.74, 6) is -0.291. The van der Waals surface area contributed by atoms with Gasteiger partial charge in [0, 0.05) is 11.8 Å². The van der Waals surface area contributed by atoms with Crippen molar-refractivity contribution in [3.05, 3.63) is 62.9 Å². The number of hydrogen-bond acceptors (Lipinski definition) is 9. The fourth-order valence-electron chi connectivity index (χ4n) is 3.39. The van der Waals surface area contributed by atoms with Gasteiger partial charge >= 0.3 is 19.4 Å². The second-order valence-electron chi connectivity index (χ2n) is 8.37. The monoisotopic (exact) mass is 509 g/mol. The fraction of sp³-hybridized carbons (Fsp3) is 0.500. The lowest BCUT2D eigenvalue weighted by molar-refractivity contribution is -0.154. The number of aromatic amines is 1. The predicted molar refractivity (Wildman–Crippen MR) is 123 cm³/mol. The van der Waals surface area contributed by atoms with Crippen molar-refractivity contribution in [2.75, 3.05) is 13.2 Å². The van der Waals surface area contributed by atoms with E-state index in [9.17, 15) is 18.9 Å². The first-order valence-corrected chi connectivity index (χ1v) is 12.8. The van der Waals surface area contributed by atoms with Crippen LogP contribution >= 0.6 is 7.75 Å². The maximum Gasteiger partial charge on any atom is 0.459 e. The summed E-state index contributed by atoms with van der Waals surface area (Å²) in [5, 5.41) is 2.62. The molecular formula is C22H28N3O9P. The van der Waals surface area contributed by atoms with E-state index in [0.29, 0.717) is 5.56 Å². The number of ether oxygens (including phenoxy) is 3. The van der Waals surface area contributed by atoms with Gasteiger partial charge in [0.05, 0.1) is 6.61 Å². The Bertz CT molecular complexity index is 1190. The van der Waals surface area contributed by atoms with Gasteiger partial charge in [0.2, 0.25) is 0 Å². The first-order valence-electron chi connectivity index (χ1n) is 11.3. The molecule has 0 spiro atoms. The van der Waals surface area contributed by atoms with Crippen LogP contribution in [0.5, 0.6) is 5.75 Å². The molecule has 2 unspecified atom stereocenters. The molecular weight excluding hydrogens is 481 g/mol. The summed E-state index contributed by atoms with van der Waals surface area (Å²) in [5.41, 5.74) is -0.796. The molecule has 4 rings (SSSR count). The zero-order chi connectivity index (χ0) is 25.0. The van der Waals surface area contributed by atoms with Crippen LogP contribution in [-0.2, 0) is 28.1 Å². The third-order valence-corrected chi connectivity index (χ3v) is 7.22. The van der Waals surface area contributed by atoms with Gasteiger partial charge in [-0.25, -0.2) is 9.36 Å². The number of aromatic nitrogens is 2. The molecule has 4 atom stereocenters. The van der Waals surface area contributed by atoms with Crippen molar-refractivity contribution in [2.45, 2.75) is 57.8 Å². The second kappa shape index (κ2) is 10.9. The Hall–Kier alpha value is -2.76. The molecule has 1 aromatic heterocycles. The lowest BCUT2D eigenvalue weighted by Gasteiger charge is -2.28. The molecule has 1 saturated heterocycles. The minimum absolute atomic E-state index is 0.000800. The number of nitrogens with one attached hydrogen (secondary N) is 2. The van der Waals surface area contributed by atoms with Gasteiger partial charge in [0.1, 0.15) is 24.5 Å². The predicted octanol–water partition coefficient (Wildman–Crippen LogP) is 1.99. The molecule has 35 heavy (non-hydrogen) atoms. The number of rotatable bonds is 10. The van der Waals surface area contributed by atoms with Crippen molar-refractivity contribution >= 4 is 13.7 Å². The molecule has 0 amide bonds. The molecule has 2 aromatic rings. The Labute approximate surface area is 201 Å². The Balaban J connectivity index is 1.41. The number of nitrogens with zero attached hydrogens (tertiary/aromatic N) is 1. The number of esters is 1. The SMILES string of the molecule is Cc1cn([C@H]2CO[C@@H](COP(=O)(NC(C)C(=O)OC3CCC3)Oc3ccccc3)O2)c(=O)[nH]c1=O. The highest BCUT2D eigenvalue weighted by Gasteiger charge is 2.36. The van der Waals surface area contributed by atoms with Crippen LogP contribution in [-0.4, -0.2) is 47.2 Å². The van der Waals surface area contributed by atoms with Gasteiger partial charge in [-0.3, -0.25) is 23.7 Å². The van der Waals surface area contributed by atoms with Crippen molar-refractivity contribution in [3.8, 4) is 5.75 Å². The Kier molecular flexibility index (Phi) is 7.88. The Morgan fingerprint density at radius 3 is 2.71 bits per heavy atom. The molecule has 2 heterocycles. The van der Waals surface area contributed by atoms with Gasteiger partial charge in [-0.05, 0) is 45.2 Å². The van der Waals surface area contributed by atoms with Crippen LogP contribution in [0.3, 0.4) is 0 Å². The van der Waals surface area contributed by atoms with E-state index < -0.39 is 43.5 Å². The molecule has 1 aliphatic heterocycles. The summed E-state index contributed by atoms with van der Waals surface area (Å²) < 4.78 is 42.5. The molecule has 2 N–H and O–H groups in total. The number of hydrogen-bond donors (Lipinski definition) is 2. The maximum atomic E-state index is 13.5. The molecule has 1 saturated carbocycles. The molecule has 0 radical (unpaired) electrons. The van der Waals surface area contributed by atoms with Gasteiger partial charge in [-0.1, -0.05) is 18.2 Å². The van der Waals surface area contributed by atoms with Crippen molar-refractivity contribution in [1.29, 1.82) is 0 Å².